The van der Waals surface area contributed by atoms with E-state index in [1.807, 2.05) is 0 Å². The van der Waals surface area contributed by atoms with Crippen LogP contribution < -0.4 is 11.1 Å². The summed E-state index contributed by atoms with van der Waals surface area (Å²) in [4.78, 5) is 25.8. The van der Waals surface area contributed by atoms with Crippen molar-refractivity contribution in [1.29, 1.82) is 0 Å². The fourth-order valence-electron chi connectivity index (χ4n) is 9.12. The van der Waals surface area contributed by atoms with Gasteiger partial charge in [-0.3, -0.25) is 4.79 Å². The molecule has 28 nitrogen and oxygen atoms in total. The number of carboxylic acids is 1. The molecule has 9 unspecified atom stereocenters. The predicted octanol–water partition coefficient (Wildman–Crippen LogP) is -7.84. The third-order valence-corrected chi connectivity index (χ3v) is 13.4. The molecule has 1 amide bonds. The fraction of sp³-hybridized carbons (Fsp3) is 0.952. The van der Waals surface area contributed by atoms with Crippen molar-refractivity contribution >= 4 is 11.9 Å². The van der Waals surface area contributed by atoms with Crippen LogP contribution in [-0.2, 0) is 57.0 Å². The van der Waals surface area contributed by atoms with Crippen molar-refractivity contribution in [3.63, 3.8) is 0 Å². The molecule has 0 aromatic rings. The Hall–Kier alpha value is -2.02. The van der Waals surface area contributed by atoms with E-state index in [2.05, 4.69) is 5.32 Å². The number of hydrogen-bond donors (Lipinski definition) is 16. The molecule has 0 radical (unpaired) electrons. The number of aliphatic hydroxyl groups excluding tert-OH is 13. The number of amides is 1. The van der Waals surface area contributed by atoms with Gasteiger partial charge in [0, 0.05) is 25.9 Å². The summed E-state index contributed by atoms with van der Waals surface area (Å²) in [5, 5.41) is 153. The second-order valence-corrected chi connectivity index (χ2v) is 18.5. The summed E-state index contributed by atoms with van der Waals surface area (Å²) in [6.07, 6.45) is -34.7. The maximum atomic E-state index is 12.9. The van der Waals surface area contributed by atoms with E-state index in [9.17, 15) is 81.1 Å². The smallest absolute Gasteiger partial charge is 0.364 e. The minimum Gasteiger partial charge on any atom is -0.477 e. The summed E-state index contributed by atoms with van der Waals surface area (Å²) in [6.45, 7) is 0.219. The molecule has 70 heavy (non-hydrogen) atoms. The molecular weight excluding hydrogens is 948 g/mol. The number of ether oxygens (including phenoxy) is 10. The van der Waals surface area contributed by atoms with Crippen LogP contribution in [0.15, 0.2) is 0 Å². The van der Waals surface area contributed by atoms with Gasteiger partial charge in [0.05, 0.1) is 45.2 Å². The van der Waals surface area contributed by atoms with Crippen molar-refractivity contribution in [2.45, 2.75) is 194 Å². The van der Waals surface area contributed by atoms with Gasteiger partial charge in [-0.15, -0.1) is 0 Å². The van der Waals surface area contributed by atoms with E-state index in [1.165, 1.54) is 6.92 Å². The van der Waals surface area contributed by atoms with Crippen LogP contribution in [0.2, 0.25) is 0 Å². The minimum absolute atomic E-state index is 0.0381. The van der Waals surface area contributed by atoms with Gasteiger partial charge >= 0.3 is 5.97 Å². The van der Waals surface area contributed by atoms with E-state index in [0.717, 1.165) is 6.92 Å². The van der Waals surface area contributed by atoms with Crippen molar-refractivity contribution in [3.8, 4) is 0 Å². The van der Waals surface area contributed by atoms with Gasteiger partial charge in [0.15, 0.2) is 25.2 Å². The average Bonchev–Trinajstić information content (AvgIpc) is 3.33. The first-order valence-corrected chi connectivity index (χ1v) is 23.5. The average molecular weight is 1020 g/mol. The first-order valence-electron chi connectivity index (χ1n) is 23.5. The largest absolute Gasteiger partial charge is 0.477 e. The molecule has 28 heteroatoms. The van der Waals surface area contributed by atoms with Crippen LogP contribution in [0.25, 0.3) is 0 Å². The Bertz CT molecular complexity index is 1610. The summed E-state index contributed by atoms with van der Waals surface area (Å²) in [6, 6.07) is -1.73. The third-order valence-electron chi connectivity index (χ3n) is 13.4. The topological polar surface area (TPSA) is 448 Å². The lowest BCUT2D eigenvalue weighted by atomic mass is 9.87. The second-order valence-electron chi connectivity index (χ2n) is 18.5. The number of unbranched alkanes of at least 4 members (excludes halogenated alkanes) is 2. The van der Waals surface area contributed by atoms with E-state index < -0.39 is 198 Å². The molecule has 0 aliphatic carbocycles. The molecule has 25 atom stereocenters. The number of carboxylic acid groups (broad SMARTS) is 1. The lowest BCUT2D eigenvalue weighted by molar-refractivity contribution is -0.380. The van der Waals surface area contributed by atoms with Gasteiger partial charge in [-0.2, -0.15) is 0 Å². The number of aliphatic carboxylic acids is 1. The van der Waals surface area contributed by atoms with Crippen LogP contribution in [0.5, 0.6) is 0 Å². The Labute approximate surface area is 402 Å². The standard InChI is InChI=1S/C42H74N2O26/c1-16-7-8-42(41(59)60,70-33(16)26(52)19(50)11-45)62-15-23-29(55)35(68-40-31(57)30(56)34(22(14-48)65-40)67-37-17(2)25(51)27(53)20(12-46)63-37)24(44-18(3)49)38(66-23)69-36-28(54)21(13-47)64-39(32(36)58)61-10-6-4-5-9-43/h16-17,19-40,45-48,50-58H,4-15,43H2,1-3H3,(H,44,49)(H,59,60)/t16-,17+,19-,20?,21?,22?,23?,24?,25-,26-,27+,28+,29-,30-,31?,32?,33?,34+,35-,36+,37?,38+,39-,40+,42-/m1/s1. The zero-order valence-corrected chi connectivity index (χ0v) is 39.1. The fourth-order valence-corrected chi connectivity index (χ4v) is 9.12. The molecule has 17 N–H and O–H groups in total. The highest BCUT2D eigenvalue weighted by Crippen LogP contribution is 2.39. The van der Waals surface area contributed by atoms with Gasteiger partial charge in [-0.1, -0.05) is 13.8 Å². The van der Waals surface area contributed by atoms with Gasteiger partial charge in [-0.05, 0) is 38.1 Å². The molecule has 5 saturated heterocycles. The van der Waals surface area contributed by atoms with Crippen molar-refractivity contribution in [2.24, 2.45) is 17.6 Å². The van der Waals surface area contributed by atoms with Crippen LogP contribution >= 0.6 is 0 Å². The number of aliphatic hydroxyl groups is 13. The maximum Gasteiger partial charge on any atom is 0.364 e. The van der Waals surface area contributed by atoms with Crippen LogP contribution in [0, 0.1) is 11.8 Å². The predicted molar refractivity (Wildman–Crippen MR) is 227 cm³/mol. The number of carbonyl (C=O) groups excluding carboxylic acids is 1. The van der Waals surface area contributed by atoms with E-state index in [4.69, 9.17) is 53.1 Å². The number of hydrogen-bond acceptors (Lipinski definition) is 26. The maximum absolute atomic E-state index is 12.9. The zero-order valence-electron chi connectivity index (χ0n) is 39.1. The normalized spacial score (nSPS) is 44.6. The highest BCUT2D eigenvalue weighted by molar-refractivity contribution is 5.76. The SMILES string of the molecule is CC(=O)NC1[C@H](O[C@@H]2C(O)[C@H](OCCCCCN)OC(CO)[C@@H]2O)OC(CO[C@]2(C(=O)O)CC[C@@H](C)C([C@H](O)[C@H](O)CO)O2)[C@@H](O)[C@@H]1O[C@@H]1OC(CO)[C@H](OC2OC(CO)[C@H](O)[C@H](O)[C@@H]2C)[C@H](O)C1O. The highest BCUT2D eigenvalue weighted by Gasteiger charge is 2.57. The minimum atomic E-state index is -2.59. The van der Waals surface area contributed by atoms with Crippen LogP contribution in [0.4, 0.5) is 0 Å². The summed E-state index contributed by atoms with van der Waals surface area (Å²) in [5.41, 5.74) is 5.58. The molecule has 408 valence electrons. The molecule has 5 aliphatic rings. The van der Waals surface area contributed by atoms with Gasteiger partial charge in [-0.25, -0.2) is 4.79 Å². The van der Waals surface area contributed by atoms with E-state index in [-0.39, 0.29) is 19.4 Å². The van der Waals surface area contributed by atoms with Gasteiger partial charge in [0.25, 0.3) is 5.79 Å². The molecule has 5 aliphatic heterocycles. The number of nitrogens with one attached hydrogen (secondary N) is 1. The Morgan fingerprint density at radius 3 is 1.89 bits per heavy atom. The summed E-state index contributed by atoms with van der Waals surface area (Å²) < 4.78 is 58.9. The van der Waals surface area contributed by atoms with Crippen molar-refractivity contribution in [1.82, 2.24) is 5.32 Å². The molecule has 0 saturated carbocycles. The molecule has 0 aromatic carbocycles. The first-order chi connectivity index (χ1) is 33.2. The van der Waals surface area contributed by atoms with Crippen molar-refractivity contribution in [2.75, 3.05) is 46.2 Å². The Morgan fingerprint density at radius 1 is 0.686 bits per heavy atom. The van der Waals surface area contributed by atoms with Crippen LogP contribution in [0.1, 0.15) is 52.9 Å². The highest BCUT2D eigenvalue weighted by atomic mass is 16.8. The van der Waals surface area contributed by atoms with E-state index >= 15 is 0 Å². The van der Waals surface area contributed by atoms with Crippen molar-refractivity contribution in [3.05, 3.63) is 0 Å². The summed E-state index contributed by atoms with van der Waals surface area (Å²) in [5.74, 6) is -6.67. The molecule has 0 spiro atoms. The summed E-state index contributed by atoms with van der Waals surface area (Å²) >= 11 is 0. The Balaban J connectivity index is 1.47. The molecule has 5 rings (SSSR count). The van der Waals surface area contributed by atoms with Gasteiger partial charge in [0.1, 0.15) is 97.6 Å². The third kappa shape index (κ3) is 13.4. The van der Waals surface area contributed by atoms with E-state index in [1.54, 1.807) is 6.92 Å². The number of carbonyl (C=O) groups is 2. The Morgan fingerprint density at radius 2 is 1.27 bits per heavy atom. The van der Waals surface area contributed by atoms with Crippen molar-refractivity contribution < 1.29 is 128 Å². The van der Waals surface area contributed by atoms with Gasteiger partial charge in [0.2, 0.25) is 5.91 Å². The van der Waals surface area contributed by atoms with Crippen LogP contribution in [-0.4, -0.2) is 270 Å². The molecule has 5 fully saturated rings. The summed E-state index contributed by atoms with van der Waals surface area (Å²) in [7, 11) is 0. The molecular formula is C42H74N2O26. The Kier molecular flexibility index (Phi) is 22.2. The second kappa shape index (κ2) is 26.5. The zero-order chi connectivity index (χ0) is 51.8. The number of rotatable bonds is 23. The monoisotopic (exact) mass is 1020 g/mol. The first kappa shape index (κ1) is 58.9. The van der Waals surface area contributed by atoms with Gasteiger partial charge < -0.3 is 130 Å². The molecule has 0 aromatic heterocycles. The molecule has 5 heterocycles. The quantitative estimate of drug-likeness (QED) is 0.0423. The molecule has 0 bridgehead atoms. The number of nitrogens with two attached hydrogens (primary N) is 1. The lowest BCUT2D eigenvalue weighted by Gasteiger charge is -2.50. The van der Waals surface area contributed by atoms with E-state index in [0.29, 0.717) is 25.8 Å². The lowest BCUT2D eigenvalue weighted by Crippen LogP contribution is -2.70. The van der Waals surface area contributed by atoms with Crippen LogP contribution in [0.3, 0.4) is 0 Å².